The molecule has 4 rings (SSSR count). The summed E-state index contributed by atoms with van der Waals surface area (Å²) in [5.41, 5.74) is 4.44. The van der Waals surface area contributed by atoms with Gasteiger partial charge in [-0.2, -0.15) is 10.4 Å². The van der Waals surface area contributed by atoms with Crippen molar-refractivity contribution in [1.82, 2.24) is 9.78 Å². The van der Waals surface area contributed by atoms with E-state index in [1.165, 1.54) is 0 Å². The summed E-state index contributed by atoms with van der Waals surface area (Å²) in [5.74, 6) is 0.801. The number of anilines is 2. The first-order valence-electron chi connectivity index (χ1n) is 11.0. The molecule has 3 aromatic rings. The molecule has 8 nitrogen and oxygen atoms in total. The molecule has 0 fully saturated rings. The lowest BCUT2D eigenvalue weighted by atomic mass is 10.00. The van der Waals surface area contributed by atoms with Gasteiger partial charge >= 0.3 is 0 Å². The number of halogens is 1. The van der Waals surface area contributed by atoms with Crippen LogP contribution in [0.1, 0.15) is 22.3 Å². The third kappa shape index (κ3) is 5.39. The molecular weight excluding hydrogens is 506 g/mol. The molecule has 2 aromatic carbocycles. The largest absolute Gasteiger partial charge is 0.351 e. The number of nitrogens with zero attached hydrogens (tertiary/aromatic N) is 6. The van der Waals surface area contributed by atoms with Crippen LogP contribution in [0.15, 0.2) is 75.4 Å². The minimum Gasteiger partial charge on any atom is -0.351 e. The van der Waals surface area contributed by atoms with Crippen molar-refractivity contribution in [2.45, 2.75) is 12.8 Å². The maximum absolute atomic E-state index is 13.2. The van der Waals surface area contributed by atoms with E-state index >= 15 is 0 Å². The topological polar surface area (TPSA) is 98.7 Å². The zero-order chi connectivity index (χ0) is 24.8. The third-order valence-corrected chi connectivity index (χ3v) is 6.52. The van der Waals surface area contributed by atoms with Gasteiger partial charge in [0, 0.05) is 35.9 Å². The van der Waals surface area contributed by atoms with Crippen LogP contribution in [0.3, 0.4) is 0 Å². The Morgan fingerprint density at radius 3 is 2.89 bits per heavy atom. The van der Waals surface area contributed by atoms with Gasteiger partial charge in [-0.3, -0.25) is 19.5 Å². The minimum absolute atomic E-state index is 0.0371. The van der Waals surface area contributed by atoms with Crippen LogP contribution in [0.4, 0.5) is 11.5 Å². The number of carbonyl (C=O) groups excluding carboxylic acids is 1. The number of hydrogen-bond donors (Lipinski definition) is 1. The summed E-state index contributed by atoms with van der Waals surface area (Å²) in [7, 11) is 1.84. The monoisotopic (exact) mass is 529 g/mol. The summed E-state index contributed by atoms with van der Waals surface area (Å²) in [6.45, 7) is 4.35. The highest BCUT2D eigenvalue weighted by atomic mass is 79.9. The van der Waals surface area contributed by atoms with Crippen LogP contribution in [-0.4, -0.2) is 41.3 Å². The van der Waals surface area contributed by atoms with Crippen molar-refractivity contribution in [2.24, 2.45) is 17.0 Å². The summed E-state index contributed by atoms with van der Waals surface area (Å²) in [4.78, 5) is 23.4. The number of nitrogens with one attached hydrogen (secondary N) is 1. The number of amides is 1. The lowest BCUT2D eigenvalue weighted by Crippen LogP contribution is -2.31. The highest BCUT2D eigenvalue weighted by Crippen LogP contribution is 2.34. The second-order valence-corrected chi connectivity index (χ2v) is 8.78. The van der Waals surface area contributed by atoms with Crippen molar-refractivity contribution in [3.05, 3.63) is 87.7 Å². The van der Waals surface area contributed by atoms with Crippen molar-refractivity contribution in [2.75, 3.05) is 23.4 Å². The number of nitriles is 1. The number of aliphatic imine (C=N–C) groups is 2. The number of fused-ring (bicyclic) bond motifs is 1. The molecule has 9 heteroatoms. The van der Waals surface area contributed by atoms with Gasteiger partial charge in [-0.1, -0.05) is 34.1 Å². The van der Waals surface area contributed by atoms with Crippen LogP contribution in [-0.2, 0) is 24.7 Å². The molecule has 0 spiro atoms. The molecule has 1 aliphatic heterocycles. The van der Waals surface area contributed by atoms with Crippen LogP contribution in [0.5, 0.6) is 0 Å². The standard InChI is InChI=1S/C26H24BrN7O/c1-29-10-7-23(30-17-31-24-8-11-32-33(24)2)20-13-19-9-12-34(26(19)21(14-20)16-28)25(35)15-18-5-3-4-6-22(18)27/h3-8,10-11,13-14,31H,1,9,12,15,17H2,2H3/b10-7-,30-23?. The third-order valence-electron chi connectivity index (χ3n) is 5.75. The van der Waals surface area contributed by atoms with E-state index in [1.54, 1.807) is 34.1 Å². The number of allylic oxidation sites excluding steroid dienone is 1. The molecule has 1 aromatic heterocycles. The molecule has 1 aliphatic rings. The maximum atomic E-state index is 13.2. The summed E-state index contributed by atoms with van der Waals surface area (Å²) in [6.07, 6.45) is 5.95. The Morgan fingerprint density at radius 2 is 2.17 bits per heavy atom. The molecule has 0 saturated heterocycles. The number of carbonyl (C=O) groups is 1. The van der Waals surface area contributed by atoms with E-state index in [0.29, 0.717) is 36.6 Å². The zero-order valence-electron chi connectivity index (χ0n) is 19.3. The Hall–Kier alpha value is -4.03. The van der Waals surface area contributed by atoms with Gasteiger partial charge in [-0.05, 0) is 48.5 Å². The van der Waals surface area contributed by atoms with Crippen molar-refractivity contribution >= 4 is 45.8 Å². The van der Waals surface area contributed by atoms with Gasteiger partial charge in [-0.25, -0.2) is 0 Å². The van der Waals surface area contributed by atoms with Gasteiger partial charge in [0.15, 0.2) is 0 Å². The van der Waals surface area contributed by atoms with E-state index in [2.05, 4.69) is 49.1 Å². The minimum atomic E-state index is -0.0371. The number of aryl methyl sites for hydroxylation is 1. The second-order valence-electron chi connectivity index (χ2n) is 7.92. The molecule has 0 saturated carbocycles. The lowest BCUT2D eigenvalue weighted by Gasteiger charge is -2.19. The summed E-state index contributed by atoms with van der Waals surface area (Å²) in [5, 5.41) is 17.3. The highest BCUT2D eigenvalue weighted by molar-refractivity contribution is 9.10. The van der Waals surface area contributed by atoms with E-state index in [-0.39, 0.29) is 12.3 Å². The first-order chi connectivity index (χ1) is 17.0. The summed E-state index contributed by atoms with van der Waals surface area (Å²) >= 11 is 3.51. The smallest absolute Gasteiger partial charge is 0.231 e. The van der Waals surface area contributed by atoms with Crippen LogP contribution in [0.2, 0.25) is 0 Å². The van der Waals surface area contributed by atoms with Gasteiger partial charge in [0.25, 0.3) is 0 Å². The Bertz CT molecular complexity index is 1370. The number of hydrogen-bond acceptors (Lipinski definition) is 6. The van der Waals surface area contributed by atoms with Crippen molar-refractivity contribution in [1.29, 1.82) is 5.26 Å². The van der Waals surface area contributed by atoms with Crippen LogP contribution in [0.25, 0.3) is 0 Å². The molecule has 0 unspecified atom stereocenters. The first kappa shape index (κ1) is 24.1. The van der Waals surface area contributed by atoms with E-state index in [9.17, 15) is 10.1 Å². The molecular formula is C26H24BrN7O. The number of benzene rings is 2. The van der Waals surface area contributed by atoms with Crippen molar-refractivity contribution in [3.63, 3.8) is 0 Å². The molecule has 0 atom stereocenters. The molecule has 1 amide bonds. The quantitative estimate of drug-likeness (QED) is 0.440. The fraction of sp³-hybridized carbons (Fsp3) is 0.192. The van der Waals surface area contributed by atoms with Crippen molar-refractivity contribution in [3.8, 4) is 6.07 Å². The SMILES string of the molecule is C=N/C=C\C(=NCNc1ccnn1C)c1cc(C#N)c2c(c1)CCN2C(=O)Cc1ccccc1Br. The predicted molar refractivity (Wildman–Crippen MR) is 142 cm³/mol. The number of rotatable bonds is 8. The van der Waals surface area contributed by atoms with Crippen LogP contribution in [0, 0.1) is 11.3 Å². The Morgan fingerprint density at radius 1 is 1.34 bits per heavy atom. The van der Waals surface area contributed by atoms with Gasteiger partial charge < -0.3 is 10.2 Å². The fourth-order valence-electron chi connectivity index (χ4n) is 4.05. The normalized spacial score (nSPS) is 13.1. The van der Waals surface area contributed by atoms with Crippen molar-refractivity contribution < 1.29 is 4.79 Å². The molecule has 35 heavy (non-hydrogen) atoms. The first-order valence-corrected chi connectivity index (χ1v) is 11.8. The zero-order valence-corrected chi connectivity index (χ0v) is 20.9. The van der Waals surface area contributed by atoms with Crippen LogP contribution >= 0.6 is 15.9 Å². The predicted octanol–water partition coefficient (Wildman–Crippen LogP) is 4.26. The Balaban J connectivity index is 1.62. The number of aromatic nitrogens is 2. The second kappa shape index (κ2) is 10.9. The summed E-state index contributed by atoms with van der Waals surface area (Å²) < 4.78 is 2.62. The van der Waals surface area contributed by atoms with E-state index in [0.717, 1.165) is 27.0 Å². The van der Waals surface area contributed by atoms with Gasteiger partial charge in [0.2, 0.25) is 5.91 Å². The molecule has 0 bridgehead atoms. The molecule has 176 valence electrons. The molecule has 0 aliphatic carbocycles. The Labute approximate surface area is 212 Å². The summed E-state index contributed by atoms with van der Waals surface area (Å²) in [6, 6.07) is 15.6. The maximum Gasteiger partial charge on any atom is 0.231 e. The van der Waals surface area contributed by atoms with Gasteiger partial charge in [0.05, 0.1) is 29.6 Å². The van der Waals surface area contributed by atoms with E-state index in [4.69, 9.17) is 0 Å². The molecule has 2 heterocycles. The van der Waals surface area contributed by atoms with Gasteiger partial charge in [0.1, 0.15) is 18.6 Å². The average molecular weight is 530 g/mol. The Kier molecular flexibility index (Phi) is 7.53. The van der Waals surface area contributed by atoms with Gasteiger partial charge in [-0.15, -0.1) is 0 Å². The van der Waals surface area contributed by atoms with E-state index < -0.39 is 0 Å². The lowest BCUT2D eigenvalue weighted by molar-refractivity contribution is -0.117. The highest BCUT2D eigenvalue weighted by Gasteiger charge is 2.29. The fourth-order valence-corrected chi connectivity index (χ4v) is 4.47. The molecule has 0 radical (unpaired) electrons. The average Bonchev–Trinajstić information content (AvgIpc) is 3.48. The molecule has 1 N–H and O–H groups in total. The van der Waals surface area contributed by atoms with Crippen LogP contribution < -0.4 is 10.2 Å². The van der Waals surface area contributed by atoms with E-state index in [1.807, 2.05) is 43.4 Å².